The Labute approximate surface area is 126 Å². The summed E-state index contributed by atoms with van der Waals surface area (Å²) in [6, 6.07) is 6.96. The molecule has 20 heavy (non-hydrogen) atoms. The second-order valence-electron chi connectivity index (χ2n) is 4.87. The van der Waals surface area contributed by atoms with Crippen molar-refractivity contribution < 1.29 is 8.42 Å². The van der Waals surface area contributed by atoms with Gasteiger partial charge in [0.15, 0.2) is 5.82 Å². The third kappa shape index (κ3) is 2.47. The minimum atomic E-state index is -3.58. The van der Waals surface area contributed by atoms with E-state index in [-0.39, 0.29) is 0 Å². The number of aryl methyl sites for hydroxylation is 3. The molecular weight excluding hydrogens is 342 g/mol. The van der Waals surface area contributed by atoms with Crippen LogP contribution in [0.4, 0.5) is 5.82 Å². The highest BCUT2D eigenvalue weighted by atomic mass is 79.9. The molecule has 2 aromatic rings. The van der Waals surface area contributed by atoms with Crippen LogP contribution in [0.25, 0.3) is 0 Å². The number of aromatic nitrogens is 2. The summed E-state index contributed by atoms with van der Waals surface area (Å²) < 4.78 is 29.5. The van der Waals surface area contributed by atoms with E-state index in [1.807, 2.05) is 6.07 Å². The Hall–Kier alpha value is -1.34. The smallest absolute Gasteiger partial charge is 0.262 e. The molecule has 1 aliphatic carbocycles. The van der Waals surface area contributed by atoms with E-state index >= 15 is 0 Å². The number of hydrogen-bond donors (Lipinski definition) is 1. The maximum absolute atomic E-state index is 12.3. The first-order valence-corrected chi connectivity index (χ1v) is 8.57. The van der Waals surface area contributed by atoms with E-state index in [2.05, 4.69) is 25.8 Å². The van der Waals surface area contributed by atoms with E-state index in [1.165, 1.54) is 5.56 Å². The van der Waals surface area contributed by atoms with E-state index in [4.69, 9.17) is 0 Å². The minimum absolute atomic E-state index is 0.292. The maximum Gasteiger partial charge on any atom is 0.263 e. The number of benzene rings is 1. The molecule has 0 radical (unpaired) electrons. The number of fused-ring (bicyclic) bond motifs is 1. The number of rotatable bonds is 3. The standard InChI is InChI=1S/C13H14BrN3O2S/c1-17-12(14)8-13(15-17)16-20(18,19)11-6-5-9-3-2-4-10(9)7-11/h5-8H,2-4H2,1H3,(H,15,16). The molecule has 0 saturated carbocycles. The molecule has 1 aromatic heterocycles. The number of nitrogens with one attached hydrogen (secondary N) is 1. The van der Waals surface area contributed by atoms with Gasteiger partial charge in [-0.2, -0.15) is 5.10 Å². The van der Waals surface area contributed by atoms with Crippen LogP contribution >= 0.6 is 15.9 Å². The molecule has 0 spiro atoms. The molecule has 0 bridgehead atoms. The van der Waals surface area contributed by atoms with Gasteiger partial charge in [0.1, 0.15) is 4.60 Å². The summed E-state index contributed by atoms with van der Waals surface area (Å²) in [6.07, 6.45) is 3.09. The van der Waals surface area contributed by atoms with Crippen LogP contribution in [-0.2, 0) is 29.9 Å². The van der Waals surface area contributed by atoms with Crippen molar-refractivity contribution in [3.8, 4) is 0 Å². The van der Waals surface area contributed by atoms with E-state index in [0.717, 1.165) is 24.8 Å². The van der Waals surface area contributed by atoms with Gasteiger partial charge in [-0.3, -0.25) is 9.40 Å². The first kappa shape index (κ1) is 13.6. The second kappa shape index (κ2) is 4.89. The third-order valence-electron chi connectivity index (χ3n) is 3.44. The Kier molecular flexibility index (Phi) is 3.33. The van der Waals surface area contributed by atoms with Crippen LogP contribution in [0.15, 0.2) is 33.8 Å². The predicted octanol–water partition coefficient (Wildman–Crippen LogP) is 2.47. The van der Waals surface area contributed by atoms with Crippen molar-refractivity contribution in [1.29, 1.82) is 0 Å². The first-order valence-electron chi connectivity index (χ1n) is 6.30. The minimum Gasteiger partial charge on any atom is -0.262 e. The molecule has 0 fully saturated rings. The second-order valence-corrected chi connectivity index (χ2v) is 7.36. The van der Waals surface area contributed by atoms with Crippen molar-refractivity contribution in [2.75, 3.05) is 4.72 Å². The zero-order valence-electron chi connectivity index (χ0n) is 10.9. The van der Waals surface area contributed by atoms with Gasteiger partial charge in [-0.15, -0.1) is 0 Å². The highest BCUT2D eigenvalue weighted by Crippen LogP contribution is 2.26. The Bertz CT molecular complexity index is 748. The molecular formula is C13H14BrN3O2S. The lowest BCUT2D eigenvalue weighted by molar-refractivity contribution is 0.600. The maximum atomic E-state index is 12.3. The van der Waals surface area contributed by atoms with Crippen LogP contribution in [0.5, 0.6) is 0 Å². The lowest BCUT2D eigenvalue weighted by Gasteiger charge is -2.07. The Morgan fingerprint density at radius 2 is 2.00 bits per heavy atom. The van der Waals surface area contributed by atoms with Crippen molar-refractivity contribution in [1.82, 2.24) is 9.78 Å². The molecule has 106 valence electrons. The van der Waals surface area contributed by atoms with E-state index in [0.29, 0.717) is 15.3 Å². The van der Waals surface area contributed by atoms with E-state index in [1.54, 1.807) is 29.9 Å². The van der Waals surface area contributed by atoms with Gasteiger partial charge in [-0.25, -0.2) is 8.42 Å². The summed E-state index contributed by atoms with van der Waals surface area (Å²) in [6.45, 7) is 0. The van der Waals surface area contributed by atoms with Crippen LogP contribution in [-0.4, -0.2) is 18.2 Å². The van der Waals surface area contributed by atoms with Crippen LogP contribution < -0.4 is 4.72 Å². The molecule has 5 nitrogen and oxygen atoms in total. The highest BCUT2D eigenvalue weighted by Gasteiger charge is 2.19. The molecule has 7 heteroatoms. The van der Waals surface area contributed by atoms with Gasteiger partial charge >= 0.3 is 0 Å². The van der Waals surface area contributed by atoms with Crippen LogP contribution in [0, 0.1) is 0 Å². The fraction of sp³-hybridized carbons (Fsp3) is 0.308. The van der Waals surface area contributed by atoms with Gasteiger partial charge in [-0.05, 0) is 58.5 Å². The molecule has 1 aromatic carbocycles. The molecule has 0 saturated heterocycles. The zero-order valence-corrected chi connectivity index (χ0v) is 13.3. The van der Waals surface area contributed by atoms with E-state index < -0.39 is 10.0 Å². The summed E-state index contributed by atoms with van der Waals surface area (Å²) in [5.41, 5.74) is 2.39. The number of nitrogens with zero attached hydrogens (tertiary/aromatic N) is 2. The molecule has 1 N–H and O–H groups in total. The van der Waals surface area contributed by atoms with Crippen LogP contribution in [0.1, 0.15) is 17.5 Å². The van der Waals surface area contributed by atoms with Gasteiger partial charge in [0.25, 0.3) is 10.0 Å². The summed E-state index contributed by atoms with van der Waals surface area (Å²) >= 11 is 3.29. The Morgan fingerprint density at radius 3 is 2.70 bits per heavy atom. The summed E-state index contributed by atoms with van der Waals surface area (Å²) in [7, 11) is -1.85. The Balaban J connectivity index is 1.92. The largest absolute Gasteiger partial charge is 0.263 e. The highest BCUT2D eigenvalue weighted by molar-refractivity contribution is 9.10. The van der Waals surface area contributed by atoms with Crippen molar-refractivity contribution in [2.24, 2.45) is 7.05 Å². The SMILES string of the molecule is Cn1nc(NS(=O)(=O)c2ccc3c(c2)CCC3)cc1Br. The van der Waals surface area contributed by atoms with E-state index in [9.17, 15) is 8.42 Å². The molecule has 0 amide bonds. The number of sulfonamides is 1. The van der Waals surface area contributed by atoms with Gasteiger partial charge in [0.2, 0.25) is 0 Å². The first-order chi connectivity index (χ1) is 9.45. The quantitative estimate of drug-likeness (QED) is 0.919. The summed E-state index contributed by atoms with van der Waals surface area (Å²) in [5, 5.41) is 4.07. The van der Waals surface area contributed by atoms with Gasteiger partial charge < -0.3 is 0 Å². The molecule has 0 atom stereocenters. The number of anilines is 1. The zero-order chi connectivity index (χ0) is 14.3. The average Bonchev–Trinajstić information content (AvgIpc) is 2.95. The predicted molar refractivity (Wildman–Crippen MR) is 80.2 cm³/mol. The van der Waals surface area contributed by atoms with Crippen LogP contribution in [0.3, 0.4) is 0 Å². The molecule has 3 rings (SSSR count). The monoisotopic (exact) mass is 355 g/mol. The molecule has 0 aliphatic heterocycles. The molecule has 1 aliphatic rings. The van der Waals surface area contributed by atoms with Crippen molar-refractivity contribution >= 4 is 31.8 Å². The number of halogens is 1. The molecule has 0 unspecified atom stereocenters. The van der Waals surface area contributed by atoms with Gasteiger partial charge in [0, 0.05) is 13.1 Å². The average molecular weight is 356 g/mol. The lowest BCUT2D eigenvalue weighted by Crippen LogP contribution is -2.14. The summed E-state index contributed by atoms with van der Waals surface area (Å²) in [4.78, 5) is 0.292. The summed E-state index contributed by atoms with van der Waals surface area (Å²) in [5.74, 6) is 0.305. The fourth-order valence-electron chi connectivity index (χ4n) is 2.41. The van der Waals surface area contributed by atoms with Crippen molar-refractivity contribution in [2.45, 2.75) is 24.2 Å². The van der Waals surface area contributed by atoms with Gasteiger partial charge in [0.05, 0.1) is 4.90 Å². The molecule has 1 heterocycles. The number of hydrogen-bond acceptors (Lipinski definition) is 3. The lowest BCUT2D eigenvalue weighted by atomic mass is 10.1. The Morgan fingerprint density at radius 1 is 1.25 bits per heavy atom. The third-order valence-corrected chi connectivity index (χ3v) is 5.54. The topological polar surface area (TPSA) is 64.0 Å². The normalized spacial score (nSPS) is 14.3. The van der Waals surface area contributed by atoms with Gasteiger partial charge in [-0.1, -0.05) is 6.07 Å². The van der Waals surface area contributed by atoms with Crippen molar-refractivity contribution in [3.05, 3.63) is 40.0 Å². The van der Waals surface area contributed by atoms with Crippen LogP contribution in [0.2, 0.25) is 0 Å². The van der Waals surface area contributed by atoms with Crippen molar-refractivity contribution in [3.63, 3.8) is 0 Å². The fourth-order valence-corrected chi connectivity index (χ4v) is 3.74.